The van der Waals surface area contributed by atoms with E-state index in [0.29, 0.717) is 16.8 Å². The quantitative estimate of drug-likeness (QED) is 0.324. The number of guanidine groups is 1. The maximum Gasteiger partial charge on any atom is 0.328 e. The largest absolute Gasteiger partial charge is 0.478 e. The Bertz CT molecular complexity index is 879. The van der Waals surface area contributed by atoms with Gasteiger partial charge in [-0.05, 0) is 41.5 Å². The summed E-state index contributed by atoms with van der Waals surface area (Å²) in [4.78, 5) is 26.8. The van der Waals surface area contributed by atoms with Crippen molar-refractivity contribution < 1.29 is 14.7 Å². The summed E-state index contributed by atoms with van der Waals surface area (Å²) in [5.74, 6) is -1.28. The van der Waals surface area contributed by atoms with E-state index in [9.17, 15) is 9.59 Å². The lowest BCUT2D eigenvalue weighted by atomic mass is 10.1. The molecule has 0 heterocycles. The van der Waals surface area contributed by atoms with Gasteiger partial charge in [0, 0.05) is 11.6 Å². The molecule has 2 rings (SSSR count). The van der Waals surface area contributed by atoms with Crippen LogP contribution in [0.3, 0.4) is 0 Å². The monoisotopic (exact) mass is 335 g/mol. The minimum atomic E-state index is -1.04. The number of allylic oxidation sites excluding steroid dienone is 1. The van der Waals surface area contributed by atoms with E-state index in [-0.39, 0.29) is 11.7 Å². The van der Waals surface area contributed by atoms with E-state index in [1.54, 1.807) is 48.5 Å². The topological polar surface area (TPSA) is 119 Å². The van der Waals surface area contributed by atoms with Crippen LogP contribution < -0.4 is 11.5 Å². The van der Waals surface area contributed by atoms with E-state index < -0.39 is 5.97 Å². The molecule has 0 aliphatic rings. The zero-order valence-corrected chi connectivity index (χ0v) is 13.3. The number of aliphatic imine (C=N–C) groups is 1. The van der Waals surface area contributed by atoms with E-state index >= 15 is 0 Å². The number of carbonyl (C=O) groups is 2. The molecule has 6 nitrogen and oxygen atoms in total. The number of aliphatic carboxylic acids is 1. The summed E-state index contributed by atoms with van der Waals surface area (Å²) in [6.45, 7) is 0. The SMILES string of the molecule is NC(N)=Nc1cccc(/C=C/C(=O)c2cccc(/C=C/C(=O)O)c2)c1. The van der Waals surface area contributed by atoms with Crippen molar-refractivity contribution >= 4 is 35.6 Å². The van der Waals surface area contributed by atoms with Crippen molar-refractivity contribution in [3.05, 3.63) is 77.4 Å². The first kappa shape index (κ1) is 17.7. The van der Waals surface area contributed by atoms with Crippen molar-refractivity contribution in [1.29, 1.82) is 0 Å². The van der Waals surface area contributed by atoms with E-state index in [4.69, 9.17) is 16.6 Å². The van der Waals surface area contributed by atoms with Gasteiger partial charge < -0.3 is 16.6 Å². The maximum atomic E-state index is 12.3. The molecule has 0 unspecified atom stereocenters. The van der Waals surface area contributed by atoms with Crippen LogP contribution in [0.25, 0.3) is 12.2 Å². The van der Waals surface area contributed by atoms with Crippen molar-refractivity contribution in [3.8, 4) is 0 Å². The van der Waals surface area contributed by atoms with E-state index in [2.05, 4.69) is 4.99 Å². The van der Waals surface area contributed by atoms with Gasteiger partial charge in [-0.1, -0.05) is 36.4 Å². The average Bonchev–Trinajstić information content (AvgIpc) is 2.58. The smallest absolute Gasteiger partial charge is 0.328 e. The molecule has 2 aromatic carbocycles. The summed E-state index contributed by atoms with van der Waals surface area (Å²) in [5, 5.41) is 8.65. The van der Waals surface area contributed by atoms with Gasteiger partial charge in [-0.15, -0.1) is 0 Å². The van der Waals surface area contributed by atoms with Crippen LogP contribution >= 0.6 is 0 Å². The lowest BCUT2D eigenvalue weighted by Crippen LogP contribution is -2.21. The molecule has 5 N–H and O–H groups in total. The number of hydrogen-bond donors (Lipinski definition) is 3. The molecule has 6 heteroatoms. The Kier molecular flexibility index (Phi) is 5.84. The molecule has 0 saturated carbocycles. The zero-order valence-electron chi connectivity index (χ0n) is 13.3. The Balaban J connectivity index is 2.17. The number of benzene rings is 2. The third kappa shape index (κ3) is 5.80. The number of rotatable bonds is 6. The number of carbonyl (C=O) groups excluding carboxylic acids is 1. The molecule has 0 radical (unpaired) electrons. The fraction of sp³-hybridized carbons (Fsp3) is 0. The summed E-state index contributed by atoms with van der Waals surface area (Å²) >= 11 is 0. The molecule has 0 aliphatic heterocycles. The van der Waals surface area contributed by atoms with Gasteiger partial charge in [-0.25, -0.2) is 9.79 Å². The Morgan fingerprint density at radius 2 is 1.56 bits per heavy atom. The highest BCUT2D eigenvalue weighted by Crippen LogP contribution is 2.15. The number of nitrogens with two attached hydrogens (primary N) is 2. The summed E-state index contributed by atoms with van der Waals surface area (Å²) in [6, 6.07) is 13.8. The van der Waals surface area contributed by atoms with Crippen molar-refractivity contribution in [3.63, 3.8) is 0 Å². The first-order valence-corrected chi connectivity index (χ1v) is 7.37. The zero-order chi connectivity index (χ0) is 18.2. The molecule has 0 aromatic heterocycles. The van der Waals surface area contributed by atoms with Crippen molar-refractivity contribution in [2.75, 3.05) is 0 Å². The van der Waals surface area contributed by atoms with Crippen LogP contribution in [0, 0.1) is 0 Å². The fourth-order valence-electron chi connectivity index (χ4n) is 2.08. The van der Waals surface area contributed by atoms with Gasteiger partial charge in [0.1, 0.15) is 0 Å². The maximum absolute atomic E-state index is 12.3. The summed E-state index contributed by atoms with van der Waals surface area (Å²) in [5.41, 5.74) is 13.2. The third-order valence-electron chi connectivity index (χ3n) is 3.15. The Morgan fingerprint density at radius 3 is 2.24 bits per heavy atom. The van der Waals surface area contributed by atoms with E-state index in [1.807, 2.05) is 6.07 Å². The van der Waals surface area contributed by atoms with Crippen LogP contribution in [-0.2, 0) is 4.79 Å². The predicted octanol–water partition coefficient (Wildman–Crippen LogP) is 2.59. The second-order valence-electron chi connectivity index (χ2n) is 5.13. The van der Waals surface area contributed by atoms with Crippen molar-refractivity contribution in [1.82, 2.24) is 0 Å². The van der Waals surface area contributed by atoms with Gasteiger partial charge in [-0.2, -0.15) is 0 Å². The van der Waals surface area contributed by atoms with Gasteiger partial charge in [0.25, 0.3) is 0 Å². The van der Waals surface area contributed by atoms with E-state index in [0.717, 1.165) is 11.6 Å². The molecule has 25 heavy (non-hydrogen) atoms. The van der Waals surface area contributed by atoms with Crippen molar-refractivity contribution in [2.24, 2.45) is 16.5 Å². The van der Waals surface area contributed by atoms with E-state index in [1.165, 1.54) is 12.2 Å². The Morgan fingerprint density at radius 1 is 0.920 bits per heavy atom. The molecular formula is C19H17N3O3. The van der Waals surface area contributed by atoms with Crippen LogP contribution in [0.4, 0.5) is 5.69 Å². The van der Waals surface area contributed by atoms with Crippen LogP contribution in [0.5, 0.6) is 0 Å². The lowest BCUT2D eigenvalue weighted by molar-refractivity contribution is -0.131. The second kappa shape index (κ2) is 8.26. The molecule has 0 atom stereocenters. The van der Waals surface area contributed by atoms with Crippen molar-refractivity contribution in [2.45, 2.75) is 0 Å². The molecule has 0 amide bonds. The first-order chi connectivity index (χ1) is 11.9. The average molecular weight is 335 g/mol. The summed E-state index contributed by atoms with van der Waals surface area (Å²) < 4.78 is 0. The Hall–Kier alpha value is -3.67. The highest BCUT2D eigenvalue weighted by atomic mass is 16.4. The molecule has 2 aromatic rings. The molecule has 0 aliphatic carbocycles. The molecule has 0 saturated heterocycles. The van der Waals surface area contributed by atoms with Gasteiger partial charge in [0.05, 0.1) is 5.69 Å². The van der Waals surface area contributed by atoms with Gasteiger partial charge >= 0.3 is 5.97 Å². The highest BCUT2D eigenvalue weighted by molar-refractivity contribution is 6.07. The lowest BCUT2D eigenvalue weighted by Gasteiger charge is -1.99. The summed E-state index contributed by atoms with van der Waals surface area (Å²) in [6.07, 6.45) is 5.55. The third-order valence-corrected chi connectivity index (χ3v) is 3.15. The molecule has 126 valence electrons. The standard InChI is InChI=1S/C19H17N3O3/c20-19(21)22-16-6-2-4-14(12-16)7-9-17(23)15-5-1-3-13(11-15)8-10-18(24)25/h1-12H,(H,24,25)(H4,20,21,22)/b9-7+,10-8+. The summed E-state index contributed by atoms with van der Waals surface area (Å²) in [7, 11) is 0. The molecule has 0 fully saturated rings. The normalized spacial score (nSPS) is 10.9. The first-order valence-electron chi connectivity index (χ1n) is 7.37. The number of nitrogens with zero attached hydrogens (tertiary/aromatic N) is 1. The predicted molar refractivity (Wildman–Crippen MR) is 98.4 cm³/mol. The fourth-order valence-corrected chi connectivity index (χ4v) is 2.08. The van der Waals surface area contributed by atoms with Crippen LogP contribution in [0.1, 0.15) is 21.5 Å². The van der Waals surface area contributed by atoms with Crippen LogP contribution in [-0.4, -0.2) is 22.8 Å². The van der Waals surface area contributed by atoms with Gasteiger partial charge in [0.15, 0.2) is 11.7 Å². The minimum Gasteiger partial charge on any atom is -0.478 e. The minimum absolute atomic E-state index is 0.0385. The molecule has 0 bridgehead atoms. The number of ketones is 1. The van der Waals surface area contributed by atoms with Crippen LogP contribution in [0.15, 0.2) is 65.7 Å². The van der Waals surface area contributed by atoms with Crippen LogP contribution in [0.2, 0.25) is 0 Å². The Labute approximate surface area is 144 Å². The number of hydrogen-bond acceptors (Lipinski definition) is 3. The number of carboxylic acids is 1. The van der Waals surface area contributed by atoms with Gasteiger partial charge in [0.2, 0.25) is 0 Å². The second-order valence-corrected chi connectivity index (χ2v) is 5.13. The highest BCUT2D eigenvalue weighted by Gasteiger charge is 2.02. The van der Waals surface area contributed by atoms with Gasteiger partial charge in [-0.3, -0.25) is 4.79 Å². The molecular weight excluding hydrogens is 318 g/mol. The molecule has 0 spiro atoms. The number of carboxylic acid groups (broad SMARTS) is 1.